The summed E-state index contributed by atoms with van der Waals surface area (Å²) in [5, 5.41) is 0. The predicted molar refractivity (Wildman–Crippen MR) is 62.5 cm³/mol. The lowest BCUT2D eigenvalue weighted by Gasteiger charge is -2.02. The molecule has 0 unspecified atom stereocenters. The van der Waals surface area contributed by atoms with Crippen LogP contribution in [0.25, 0.3) is 0 Å². The average Bonchev–Trinajstić information content (AvgIpc) is 2.82. The number of carbonyl (C=O) groups excluding carboxylic acids is 1. The normalized spacial score (nSPS) is 10.5. The van der Waals surface area contributed by atoms with Gasteiger partial charge in [-0.3, -0.25) is 4.79 Å². The molecule has 0 atom stereocenters. The number of furan rings is 1. The van der Waals surface area contributed by atoms with Crippen molar-refractivity contribution in [2.24, 2.45) is 0 Å². The first-order valence-corrected chi connectivity index (χ1v) is 5.48. The van der Waals surface area contributed by atoms with E-state index in [2.05, 4.69) is 0 Å². The first-order chi connectivity index (χ1) is 8.16. The number of hydrogen-bond donors (Lipinski definition) is 0. The lowest BCUT2D eigenvalue weighted by Crippen LogP contribution is -2.01. The van der Waals surface area contributed by atoms with Gasteiger partial charge in [0.05, 0.1) is 6.26 Å². The third-order valence-corrected chi connectivity index (χ3v) is 2.66. The lowest BCUT2D eigenvalue weighted by molar-refractivity contribution is 0.0981. The molecular formula is C14H13FO2. The zero-order valence-corrected chi connectivity index (χ0v) is 9.57. The Balaban J connectivity index is 2.02. The van der Waals surface area contributed by atoms with E-state index >= 15 is 0 Å². The summed E-state index contributed by atoms with van der Waals surface area (Å²) in [5.74, 6) is 0.509. The maximum Gasteiger partial charge on any atom is 0.163 e. The average molecular weight is 232 g/mol. The van der Waals surface area contributed by atoms with Crippen LogP contribution in [0.5, 0.6) is 0 Å². The van der Waals surface area contributed by atoms with Crippen LogP contribution in [0.15, 0.2) is 41.0 Å². The van der Waals surface area contributed by atoms with E-state index in [9.17, 15) is 9.18 Å². The van der Waals surface area contributed by atoms with Gasteiger partial charge >= 0.3 is 0 Å². The fourth-order valence-corrected chi connectivity index (χ4v) is 1.65. The van der Waals surface area contributed by atoms with E-state index in [0.29, 0.717) is 24.0 Å². The van der Waals surface area contributed by atoms with Gasteiger partial charge in [0.25, 0.3) is 0 Å². The van der Waals surface area contributed by atoms with E-state index in [4.69, 9.17) is 4.42 Å². The van der Waals surface area contributed by atoms with Crippen LogP contribution in [-0.2, 0) is 6.42 Å². The maximum atomic E-state index is 13.0. The molecule has 0 saturated carbocycles. The molecule has 0 spiro atoms. The van der Waals surface area contributed by atoms with Crippen molar-refractivity contribution < 1.29 is 13.6 Å². The fourth-order valence-electron chi connectivity index (χ4n) is 1.65. The molecule has 1 heterocycles. The third kappa shape index (κ3) is 2.81. The molecule has 2 aromatic rings. The molecule has 3 heteroatoms. The highest BCUT2D eigenvalue weighted by Crippen LogP contribution is 2.13. The Morgan fingerprint density at radius 3 is 2.82 bits per heavy atom. The van der Waals surface area contributed by atoms with Gasteiger partial charge in [-0.25, -0.2) is 4.39 Å². The van der Waals surface area contributed by atoms with Gasteiger partial charge in [-0.15, -0.1) is 0 Å². The van der Waals surface area contributed by atoms with Crippen molar-refractivity contribution in [1.29, 1.82) is 0 Å². The molecule has 2 nitrogen and oxygen atoms in total. The number of benzene rings is 1. The molecule has 88 valence electrons. The van der Waals surface area contributed by atoms with Crippen molar-refractivity contribution in [3.8, 4) is 0 Å². The Kier molecular flexibility index (Phi) is 3.38. The van der Waals surface area contributed by atoms with Gasteiger partial charge < -0.3 is 4.42 Å². The van der Waals surface area contributed by atoms with Crippen molar-refractivity contribution in [1.82, 2.24) is 0 Å². The highest BCUT2D eigenvalue weighted by Gasteiger charge is 2.08. The van der Waals surface area contributed by atoms with Crippen LogP contribution in [-0.4, -0.2) is 5.78 Å². The Hall–Kier alpha value is -1.90. The zero-order valence-electron chi connectivity index (χ0n) is 9.57. The summed E-state index contributed by atoms with van der Waals surface area (Å²) >= 11 is 0. The number of halogens is 1. The topological polar surface area (TPSA) is 30.2 Å². The van der Waals surface area contributed by atoms with Gasteiger partial charge in [0.1, 0.15) is 11.6 Å². The van der Waals surface area contributed by atoms with E-state index in [0.717, 1.165) is 5.76 Å². The minimum Gasteiger partial charge on any atom is -0.469 e. The van der Waals surface area contributed by atoms with Crippen LogP contribution in [0.3, 0.4) is 0 Å². The van der Waals surface area contributed by atoms with Crippen LogP contribution in [0.1, 0.15) is 28.1 Å². The molecule has 17 heavy (non-hydrogen) atoms. The molecule has 2 rings (SSSR count). The van der Waals surface area contributed by atoms with Crippen LogP contribution in [0.2, 0.25) is 0 Å². The van der Waals surface area contributed by atoms with E-state index < -0.39 is 0 Å². The van der Waals surface area contributed by atoms with Crippen molar-refractivity contribution in [3.05, 3.63) is 59.3 Å². The number of hydrogen-bond acceptors (Lipinski definition) is 2. The summed E-state index contributed by atoms with van der Waals surface area (Å²) in [7, 11) is 0. The highest BCUT2D eigenvalue weighted by atomic mass is 19.1. The molecule has 0 radical (unpaired) electrons. The molecule has 0 aliphatic rings. The molecule has 1 aromatic carbocycles. The van der Waals surface area contributed by atoms with Crippen LogP contribution in [0.4, 0.5) is 4.39 Å². The zero-order chi connectivity index (χ0) is 12.3. The summed E-state index contributed by atoms with van der Waals surface area (Å²) in [4.78, 5) is 11.8. The number of carbonyl (C=O) groups is 1. The molecule has 0 saturated heterocycles. The van der Waals surface area contributed by atoms with Gasteiger partial charge in [0.2, 0.25) is 0 Å². The number of Topliss-reactive ketones (excluding diaryl/α,β-unsaturated/α-hetero) is 1. The molecular weight excluding hydrogens is 219 g/mol. The second-order valence-corrected chi connectivity index (χ2v) is 3.97. The number of rotatable bonds is 4. The van der Waals surface area contributed by atoms with E-state index in [1.54, 1.807) is 25.3 Å². The van der Waals surface area contributed by atoms with Crippen LogP contribution < -0.4 is 0 Å². The predicted octanol–water partition coefficient (Wildman–Crippen LogP) is 3.54. The van der Waals surface area contributed by atoms with Gasteiger partial charge in [0, 0.05) is 18.4 Å². The Morgan fingerprint density at radius 2 is 2.18 bits per heavy atom. The maximum absolute atomic E-state index is 13.0. The molecule has 0 aliphatic heterocycles. The van der Waals surface area contributed by atoms with Crippen LogP contribution in [0, 0.1) is 12.7 Å². The standard InChI is InChI=1S/C14H13FO2/c1-10-9-11(4-6-13(10)15)14(16)7-5-12-3-2-8-17-12/h2-4,6,8-9H,5,7H2,1H3. The minimum absolute atomic E-state index is 0.00417. The molecule has 0 amide bonds. The quantitative estimate of drug-likeness (QED) is 0.755. The van der Waals surface area contributed by atoms with Gasteiger partial charge in [-0.2, -0.15) is 0 Å². The first kappa shape index (κ1) is 11.6. The summed E-state index contributed by atoms with van der Waals surface area (Å²) in [6.45, 7) is 1.65. The lowest BCUT2D eigenvalue weighted by atomic mass is 10.0. The molecule has 0 bridgehead atoms. The summed E-state index contributed by atoms with van der Waals surface area (Å²) in [6, 6.07) is 8.06. The van der Waals surface area contributed by atoms with E-state index in [1.165, 1.54) is 12.1 Å². The Morgan fingerprint density at radius 1 is 1.35 bits per heavy atom. The second-order valence-electron chi connectivity index (χ2n) is 3.97. The van der Waals surface area contributed by atoms with Gasteiger partial charge in [0.15, 0.2) is 5.78 Å². The highest BCUT2D eigenvalue weighted by molar-refractivity contribution is 5.96. The summed E-state index contributed by atoms with van der Waals surface area (Å²) in [6.07, 6.45) is 2.53. The second kappa shape index (κ2) is 4.95. The van der Waals surface area contributed by atoms with Crippen LogP contribution >= 0.6 is 0 Å². The van der Waals surface area contributed by atoms with Crippen molar-refractivity contribution >= 4 is 5.78 Å². The molecule has 0 aliphatic carbocycles. The van der Waals surface area contributed by atoms with Gasteiger partial charge in [-0.1, -0.05) is 0 Å². The molecule has 0 fully saturated rings. The summed E-state index contributed by atoms with van der Waals surface area (Å²) < 4.78 is 18.2. The third-order valence-electron chi connectivity index (χ3n) is 2.66. The SMILES string of the molecule is Cc1cc(C(=O)CCc2ccco2)ccc1F. The van der Waals surface area contributed by atoms with E-state index in [-0.39, 0.29) is 11.6 Å². The minimum atomic E-state index is -0.285. The molecule has 0 N–H and O–H groups in total. The number of aryl methyl sites for hydroxylation is 2. The Bertz CT molecular complexity index is 515. The first-order valence-electron chi connectivity index (χ1n) is 5.48. The fraction of sp³-hybridized carbons (Fsp3) is 0.214. The monoisotopic (exact) mass is 232 g/mol. The van der Waals surface area contributed by atoms with Gasteiger partial charge in [-0.05, 0) is 42.8 Å². The van der Waals surface area contributed by atoms with Crippen molar-refractivity contribution in [3.63, 3.8) is 0 Å². The van der Waals surface area contributed by atoms with Crippen molar-refractivity contribution in [2.75, 3.05) is 0 Å². The molecule has 1 aromatic heterocycles. The largest absolute Gasteiger partial charge is 0.469 e. The smallest absolute Gasteiger partial charge is 0.163 e. The number of ketones is 1. The van der Waals surface area contributed by atoms with E-state index in [1.807, 2.05) is 6.07 Å². The summed E-state index contributed by atoms with van der Waals surface area (Å²) in [5.41, 5.74) is 1.05. The van der Waals surface area contributed by atoms with Crippen molar-refractivity contribution in [2.45, 2.75) is 19.8 Å². The Labute approximate surface area is 99.1 Å².